The largest absolute Gasteiger partial charge is 0.459 e. The van der Waals surface area contributed by atoms with Crippen LogP contribution in [0.1, 0.15) is 57.9 Å². The number of pyridine rings is 1. The summed E-state index contributed by atoms with van der Waals surface area (Å²) in [7, 11) is 0. The van der Waals surface area contributed by atoms with Crippen LogP contribution in [-0.2, 0) is 22.6 Å². The second-order valence-corrected chi connectivity index (χ2v) is 10.8. The SMILES string of the molecule is CCOC(=O)c1nc(-c2ccc3c(=O)n(CC(C)C)c(CNC(=O)OC(C)(C)C)c(-c4ccccc4)c3c2)no1. The van der Waals surface area contributed by atoms with Crippen molar-refractivity contribution in [2.45, 2.75) is 60.2 Å². The Balaban J connectivity index is 1.93. The number of esters is 1. The molecule has 4 aromatic rings. The Morgan fingerprint density at radius 1 is 1.05 bits per heavy atom. The van der Waals surface area contributed by atoms with Crippen LogP contribution in [0, 0.1) is 5.92 Å². The standard InChI is InChI=1S/C30H34N4O6/c1-7-38-28(36)26-32-25(33-40-26)20-13-14-21-22(15-20)24(19-11-9-8-10-12-19)23(34(27(21)35)17-18(2)3)16-31-29(37)39-30(4,5)6/h8-15,18H,7,16-17H2,1-6H3,(H,31,37). The van der Waals surface area contributed by atoms with E-state index in [1.54, 1.807) is 50.5 Å². The number of fused-ring (bicyclic) bond motifs is 1. The van der Waals surface area contributed by atoms with Crippen LogP contribution in [-0.4, -0.2) is 39.0 Å². The summed E-state index contributed by atoms with van der Waals surface area (Å²) in [6, 6.07) is 14.9. The van der Waals surface area contributed by atoms with Crippen molar-refractivity contribution in [2.75, 3.05) is 6.61 Å². The minimum Gasteiger partial charge on any atom is -0.459 e. The number of rotatable bonds is 8. The quantitative estimate of drug-likeness (QED) is 0.284. The van der Waals surface area contributed by atoms with Crippen LogP contribution in [0.5, 0.6) is 0 Å². The Kier molecular flexibility index (Phi) is 8.37. The highest BCUT2D eigenvalue weighted by molar-refractivity contribution is 5.99. The molecule has 1 N–H and O–H groups in total. The van der Waals surface area contributed by atoms with Crippen LogP contribution in [0.25, 0.3) is 33.3 Å². The van der Waals surface area contributed by atoms with Gasteiger partial charge in [0.2, 0.25) is 5.82 Å². The highest BCUT2D eigenvalue weighted by atomic mass is 16.6. The number of alkyl carbamates (subject to hydrolysis) is 1. The lowest BCUT2D eigenvalue weighted by atomic mass is 9.94. The first-order valence-corrected chi connectivity index (χ1v) is 13.2. The molecule has 10 heteroatoms. The summed E-state index contributed by atoms with van der Waals surface area (Å²) in [5, 5.41) is 7.93. The van der Waals surface area contributed by atoms with Gasteiger partial charge in [-0.3, -0.25) is 4.79 Å². The third-order valence-electron chi connectivity index (χ3n) is 5.92. The number of carbonyl (C=O) groups excluding carboxylic acids is 2. The summed E-state index contributed by atoms with van der Waals surface area (Å²) in [5.74, 6) is -0.614. The molecule has 0 fully saturated rings. The molecule has 0 atom stereocenters. The van der Waals surface area contributed by atoms with Crippen molar-refractivity contribution in [3.63, 3.8) is 0 Å². The molecule has 2 heterocycles. The number of hydrogen-bond donors (Lipinski definition) is 1. The molecule has 0 bridgehead atoms. The van der Waals surface area contributed by atoms with Gasteiger partial charge in [-0.25, -0.2) is 9.59 Å². The Bertz CT molecular complexity index is 1580. The molecule has 0 aliphatic carbocycles. The average molecular weight is 547 g/mol. The molecular weight excluding hydrogens is 512 g/mol. The Labute approximate surface area is 232 Å². The second kappa shape index (κ2) is 11.7. The lowest BCUT2D eigenvalue weighted by Gasteiger charge is -2.23. The molecule has 4 rings (SSSR count). The van der Waals surface area contributed by atoms with Crippen molar-refractivity contribution in [1.82, 2.24) is 20.0 Å². The number of nitrogens with one attached hydrogen (secondary N) is 1. The molecule has 10 nitrogen and oxygen atoms in total. The van der Waals surface area contributed by atoms with E-state index in [0.717, 1.165) is 11.1 Å². The molecule has 0 aliphatic rings. The summed E-state index contributed by atoms with van der Waals surface area (Å²) in [5.41, 5.74) is 1.98. The molecule has 210 valence electrons. The molecule has 0 saturated carbocycles. The average Bonchev–Trinajstić information content (AvgIpc) is 3.39. The maximum Gasteiger partial charge on any atom is 0.407 e. The van der Waals surface area contributed by atoms with Gasteiger partial charge in [-0.05, 0) is 56.7 Å². The van der Waals surface area contributed by atoms with Gasteiger partial charge in [-0.1, -0.05) is 55.4 Å². The number of amides is 1. The zero-order valence-corrected chi connectivity index (χ0v) is 23.6. The van der Waals surface area contributed by atoms with Gasteiger partial charge in [0.15, 0.2) is 0 Å². The minimum atomic E-state index is -0.709. The minimum absolute atomic E-state index is 0.0660. The van der Waals surface area contributed by atoms with E-state index in [2.05, 4.69) is 15.5 Å². The predicted molar refractivity (Wildman–Crippen MR) is 151 cm³/mol. The van der Waals surface area contributed by atoms with Crippen molar-refractivity contribution < 1.29 is 23.6 Å². The van der Waals surface area contributed by atoms with E-state index in [0.29, 0.717) is 28.6 Å². The van der Waals surface area contributed by atoms with Crippen molar-refractivity contribution in [1.29, 1.82) is 0 Å². The first-order valence-electron chi connectivity index (χ1n) is 13.2. The highest BCUT2D eigenvalue weighted by Gasteiger charge is 2.23. The maximum atomic E-state index is 13.9. The lowest BCUT2D eigenvalue weighted by Crippen LogP contribution is -2.35. The number of nitrogens with zero attached hydrogens (tertiary/aromatic N) is 3. The molecule has 0 saturated heterocycles. The number of benzene rings is 2. The molecule has 2 aromatic heterocycles. The lowest BCUT2D eigenvalue weighted by molar-refractivity contribution is 0.0468. The van der Waals surface area contributed by atoms with Crippen LogP contribution >= 0.6 is 0 Å². The van der Waals surface area contributed by atoms with E-state index in [1.807, 2.05) is 44.2 Å². The summed E-state index contributed by atoms with van der Waals surface area (Å²) in [6.45, 7) is 11.8. The van der Waals surface area contributed by atoms with Crippen molar-refractivity contribution in [3.05, 3.63) is 70.5 Å². The van der Waals surface area contributed by atoms with Gasteiger partial charge in [0, 0.05) is 28.8 Å². The predicted octanol–water partition coefficient (Wildman–Crippen LogP) is 5.58. The van der Waals surface area contributed by atoms with Crippen molar-refractivity contribution >= 4 is 22.8 Å². The molecule has 40 heavy (non-hydrogen) atoms. The molecule has 0 spiro atoms. The monoisotopic (exact) mass is 546 g/mol. The third kappa shape index (κ3) is 6.39. The molecular formula is C30H34N4O6. The topological polar surface area (TPSA) is 126 Å². The van der Waals surface area contributed by atoms with E-state index in [9.17, 15) is 14.4 Å². The first kappa shape index (κ1) is 28.5. The summed E-state index contributed by atoms with van der Waals surface area (Å²) in [4.78, 5) is 42.7. The highest BCUT2D eigenvalue weighted by Crippen LogP contribution is 2.33. The maximum absolute atomic E-state index is 13.9. The summed E-state index contributed by atoms with van der Waals surface area (Å²) >= 11 is 0. The van der Waals surface area contributed by atoms with E-state index >= 15 is 0 Å². The van der Waals surface area contributed by atoms with E-state index in [-0.39, 0.29) is 36.3 Å². The number of aromatic nitrogens is 3. The van der Waals surface area contributed by atoms with Crippen LogP contribution in [0.3, 0.4) is 0 Å². The van der Waals surface area contributed by atoms with Crippen LogP contribution in [0.2, 0.25) is 0 Å². The van der Waals surface area contributed by atoms with Crippen LogP contribution in [0.15, 0.2) is 57.8 Å². The zero-order valence-electron chi connectivity index (χ0n) is 23.6. The zero-order chi connectivity index (χ0) is 29.0. The van der Waals surface area contributed by atoms with Gasteiger partial charge in [0.25, 0.3) is 5.56 Å². The Hall–Kier alpha value is -4.47. The third-order valence-corrected chi connectivity index (χ3v) is 5.92. The fourth-order valence-electron chi connectivity index (χ4n) is 4.39. The van der Waals surface area contributed by atoms with Gasteiger partial charge in [-0.2, -0.15) is 4.98 Å². The van der Waals surface area contributed by atoms with Gasteiger partial charge in [0.1, 0.15) is 5.60 Å². The van der Waals surface area contributed by atoms with Crippen LogP contribution < -0.4 is 10.9 Å². The molecule has 0 aliphatic heterocycles. The smallest absolute Gasteiger partial charge is 0.407 e. The van der Waals surface area contributed by atoms with Gasteiger partial charge >= 0.3 is 18.0 Å². The van der Waals surface area contributed by atoms with Crippen molar-refractivity contribution in [2.24, 2.45) is 5.92 Å². The molecule has 0 unspecified atom stereocenters. The molecule has 2 aromatic carbocycles. The van der Waals surface area contributed by atoms with Crippen LogP contribution in [0.4, 0.5) is 4.79 Å². The molecule has 1 amide bonds. The molecule has 0 radical (unpaired) electrons. The van der Waals surface area contributed by atoms with E-state index < -0.39 is 17.7 Å². The number of hydrogen-bond acceptors (Lipinski definition) is 8. The second-order valence-electron chi connectivity index (χ2n) is 10.8. The first-order chi connectivity index (χ1) is 19.0. The Morgan fingerprint density at radius 3 is 2.42 bits per heavy atom. The van der Waals surface area contributed by atoms with Gasteiger partial charge < -0.3 is 23.9 Å². The normalized spacial score (nSPS) is 11.6. The summed E-state index contributed by atoms with van der Waals surface area (Å²) < 4.78 is 17.2. The number of ether oxygens (including phenoxy) is 2. The fourth-order valence-corrected chi connectivity index (χ4v) is 4.39. The Morgan fingerprint density at radius 2 is 1.77 bits per heavy atom. The number of carbonyl (C=O) groups is 2. The van der Waals surface area contributed by atoms with E-state index in [1.165, 1.54) is 0 Å². The van der Waals surface area contributed by atoms with Gasteiger partial charge in [-0.15, -0.1) is 0 Å². The fraction of sp³-hybridized carbons (Fsp3) is 0.367. The van der Waals surface area contributed by atoms with Gasteiger partial charge in [0.05, 0.1) is 13.2 Å². The van der Waals surface area contributed by atoms with E-state index in [4.69, 9.17) is 14.0 Å². The summed E-state index contributed by atoms with van der Waals surface area (Å²) in [6.07, 6.45) is -0.581. The van der Waals surface area contributed by atoms with Crippen molar-refractivity contribution in [3.8, 4) is 22.5 Å².